The quantitative estimate of drug-likeness (QED) is 0.180. The fraction of sp³-hybridized carbons (Fsp3) is 0.0408. The summed E-state index contributed by atoms with van der Waals surface area (Å²) in [7, 11) is 0. The van der Waals surface area contributed by atoms with Gasteiger partial charge in [-0.2, -0.15) is 0 Å². The maximum Gasteiger partial charge on any atom is 0.164 e. The molecule has 0 amide bonds. The number of fused-ring (bicyclic) bond motifs is 8. The SMILES string of the molecule is C1=CC2Oc3cc(-c4nc(-c5ccccc5)nc(-c5cccc(-c6cccc(-n7c8ccccc8c8ccc9ccccc9c87)c6)c5)n4)ccc3C2C=C1. The highest BCUT2D eigenvalue weighted by Gasteiger charge is 2.32. The summed E-state index contributed by atoms with van der Waals surface area (Å²) in [5.74, 6) is 2.95. The van der Waals surface area contributed by atoms with Crippen LogP contribution in [0.5, 0.6) is 5.75 Å². The van der Waals surface area contributed by atoms with Crippen molar-refractivity contribution in [2.45, 2.75) is 12.0 Å². The second kappa shape index (κ2) is 12.2. The largest absolute Gasteiger partial charge is 0.485 e. The van der Waals surface area contributed by atoms with Crippen molar-refractivity contribution < 1.29 is 4.74 Å². The average molecular weight is 693 g/mol. The molecule has 2 aromatic heterocycles. The lowest BCUT2D eigenvalue weighted by Gasteiger charge is -2.13. The number of ether oxygens (including phenoxy) is 1. The Bertz CT molecular complexity index is 3000. The Balaban J connectivity index is 1.03. The molecule has 0 N–H and O–H groups in total. The summed E-state index contributed by atoms with van der Waals surface area (Å²) in [6.45, 7) is 0. The van der Waals surface area contributed by atoms with Crippen molar-refractivity contribution in [3.8, 4) is 56.7 Å². The molecule has 2 unspecified atom stereocenters. The van der Waals surface area contributed by atoms with E-state index in [1.54, 1.807) is 0 Å². The van der Waals surface area contributed by atoms with Crippen molar-refractivity contribution in [1.29, 1.82) is 0 Å². The van der Waals surface area contributed by atoms with Gasteiger partial charge in [0.1, 0.15) is 11.9 Å². The molecule has 11 rings (SSSR count). The van der Waals surface area contributed by atoms with Crippen molar-refractivity contribution in [2.75, 3.05) is 0 Å². The molecule has 7 aromatic carbocycles. The van der Waals surface area contributed by atoms with Crippen molar-refractivity contribution in [3.63, 3.8) is 0 Å². The van der Waals surface area contributed by atoms with Crippen LogP contribution in [0.1, 0.15) is 11.5 Å². The first-order valence-electron chi connectivity index (χ1n) is 18.3. The van der Waals surface area contributed by atoms with E-state index in [4.69, 9.17) is 19.7 Å². The van der Waals surface area contributed by atoms with Gasteiger partial charge < -0.3 is 9.30 Å². The van der Waals surface area contributed by atoms with E-state index in [0.29, 0.717) is 17.5 Å². The minimum Gasteiger partial charge on any atom is -0.485 e. The molecule has 1 aliphatic carbocycles. The standard InChI is InChI=1S/C49H32N4O/c1-2-13-32(14-3-1)47-50-48(52-49(51-47)36-25-26-41-40-21-7-9-23-44(40)54-45(41)30-36)35-17-10-15-33(28-35)34-16-11-18-37(29-34)53-43-22-8-6-20-39(43)42-27-24-31-12-4-5-19-38(31)46(42)53/h1-30,40,44H. The van der Waals surface area contributed by atoms with Gasteiger partial charge in [-0.1, -0.05) is 146 Å². The molecule has 9 aromatic rings. The Kier molecular flexibility index (Phi) is 6.92. The van der Waals surface area contributed by atoms with E-state index >= 15 is 0 Å². The summed E-state index contributed by atoms with van der Waals surface area (Å²) in [5, 5.41) is 4.95. The van der Waals surface area contributed by atoms with Gasteiger partial charge in [0.05, 0.1) is 11.0 Å². The van der Waals surface area contributed by atoms with E-state index in [1.165, 1.54) is 38.1 Å². The van der Waals surface area contributed by atoms with Gasteiger partial charge in [-0.05, 0) is 52.9 Å². The molecule has 5 heteroatoms. The van der Waals surface area contributed by atoms with E-state index in [1.807, 2.05) is 30.3 Å². The highest BCUT2D eigenvalue weighted by molar-refractivity contribution is 6.18. The number of para-hydroxylation sites is 1. The van der Waals surface area contributed by atoms with Gasteiger partial charge in [-0.3, -0.25) is 0 Å². The number of aromatic nitrogens is 4. The van der Waals surface area contributed by atoms with E-state index in [2.05, 4.69) is 156 Å². The Morgan fingerprint density at radius 3 is 2.00 bits per heavy atom. The van der Waals surface area contributed by atoms with Crippen LogP contribution in [0.4, 0.5) is 0 Å². The van der Waals surface area contributed by atoms with Crippen LogP contribution < -0.4 is 4.74 Å². The fourth-order valence-electron chi connectivity index (χ4n) is 8.19. The molecule has 3 heterocycles. The van der Waals surface area contributed by atoms with Gasteiger partial charge >= 0.3 is 0 Å². The second-order valence-corrected chi connectivity index (χ2v) is 14.0. The zero-order chi connectivity index (χ0) is 35.6. The third kappa shape index (κ3) is 4.97. The zero-order valence-corrected chi connectivity index (χ0v) is 29.2. The average Bonchev–Trinajstić information content (AvgIpc) is 3.80. The maximum atomic E-state index is 6.36. The third-order valence-corrected chi connectivity index (χ3v) is 10.8. The van der Waals surface area contributed by atoms with Crippen LogP contribution in [-0.2, 0) is 0 Å². The molecule has 0 spiro atoms. The summed E-state index contributed by atoms with van der Waals surface area (Å²) in [6, 6.07) is 55.6. The molecule has 0 saturated heterocycles. The molecule has 254 valence electrons. The lowest BCUT2D eigenvalue weighted by Crippen LogP contribution is -2.15. The molecular weight excluding hydrogens is 661 g/mol. The molecular formula is C49H32N4O. The van der Waals surface area contributed by atoms with Crippen LogP contribution in [0.3, 0.4) is 0 Å². The van der Waals surface area contributed by atoms with E-state index in [9.17, 15) is 0 Å². The third-order valence-electron chi connectivity index (χ3n) is 10.8. The molecule has 2 aliphatic rings. The lowest BCUT2D eigenvalue weighted by molar-refractivity contribution is 0.269. The maximum absolute atomic E-state index is 6.36. The van der Waals surface area contributed by atoms with Crippen molar-refractivity contribution >= 4 is 32.6 Å². The Morgan fingerprint density at radius 2 is 1.13 bits per heavy atom. The first-order chi connectivity index (χ1) is 26.7. The Morgan fingerprint density at radius 1 is 0.463 bits per heavy atom. The number of rotatable bonds is 5. The predicted molar refractivity (Wildman–Crippen MR) is 219 cm³/mol. The van der Waals surface area contributed by atoms with Crippen LogP contribution in [0.2, 0.25) is 0 Å². The summed E-state index contributed by atoms with van der Waals surface area (Å²) >= 11 is 0. The van der Waals surface area contributed by atoms with E-state index in [0.717, 1.165) is 39.3 Å². The zero-order valence-electron chi connectivity index (χ0n) is 29.2. The van der Waals surface area contributed by atoms with Gasteiger partial charge in [-0.15, -0.1) is 0 Å². The number of hydrogen-bond donors (Lipinski definition) is 0. The van der Waals surface area contributed by atoms with E-state index < -0.39 is 0 Å². The van der Waals surface area contributed by atoms with Gasteiger partial charge in [0, 0.05) is 50.0 Å². The van der Waals surface area contributed by atoms with Crippen LogP contribution in [0.25, 0.3) is 83.6 Å². The van der Waals surface area contributed by atoms with Crippen molar-refractivity contribution in [2.24, 2.45) is 0 Å². The van der Waals surface area contributed by atoms with Crippen LogP contribution >= 0.6 is 0 Å². The van der Waals surface area contributed by atoms with Gasteiger partial charge in [0.15, 0.2) is 17.5 Å². The molecule has 0 bridgehead atoms. The first-order valence-corrected chi connectivity index (χ1v) is 18.3. The number of hydrogen-bond acceptors (Lipinski definition) is 4. The molecule has 0 fully saturated rings. The van der Waals surface area contributed by atoms with Gasteiger partial charge in [-0.25, -0.2) is 15.0 Å². The molecule has 2 atom stereocenters. The topological polar surface area (TPSA) is 52.8 Å². The molecule has 0 radical (unpaired) electrons. The predicted octanol–water partition coefficient (Wildman–Crippen LogP) is 11.8. The number of allylic oxidation sites excluding steroid dienone is 2. The number of nitrogens with zero attached hydrogens (tertiary/aromatic N) is 4. The minimum absolute atomic E-state index is 0.0181. The van der Waals surface area contributed by atoms with Crippen LogP contribution in [0, 0.1) is 0 Å². The van der Waals surface area contributed by atoms with Crippen LogP contribution in [0.15, 0.2) is 182 Å². The molecule has 5 nitrogen and oxygen atoms in total. The smallest absolute Gasteiger partial charge is 0.164 e. The van der Waals surface area contributed by atoms with E-state index in [-0.39, 0.29) is 12.0 Å². The summed E-state index contributed by atoms with van der Waals surface area (Å²) in [5.41, 5.74) is 9.63. The monoisotopic (exact) mass is 692 g/mol. The highest BCUT2D eigenvalue weighted by atomic mass is 16.5. The number of benzene rings is 7. The second-order valence-electron chi connectivity index (χ2n) is 14.0. The van der Waals surface area contributed by atoms with Gasteiger partial charge in [0.2, 0.25) is 0 Å². The first kappa shape index (κ1) is 30.5. The minimum atomic E-state index is 0.0181. The lowest BCUT2D eigenvalue weighted by atomic mass is 9.91. The van der Waals surface area contributed by atoms with Crippen molar-refractivity contribution in [3.05, 3.63) is 188 Å². The summed E-state index contributed by atoms with van der Waals surface area (Å²) in [6.07, 6.45) is 8.48. The van der Waals surface area contributed by atoms with Gasteiger partial charge in [0.25, 0.3) is 0 Å². The fourth-order valence-corrected chi connectivity index (χ4v) is 8.19. The highest BCUT2D eigenvalue weighted by Crippen LogP contribution is 2.43. The van der Waals surface area contributed by atoms with Crippen LogP contribution in [-0.4, -0.2) is 25.6 Å². The summed E-state index contributed by atoms with van der Waals surface area (Å²) < 4.78 is 8.77. The molecule has 1 aliphatic heterocycles. The Labute approximate surface area is 312 Å². The molecule has 54 heavy (non-hydrogen) atoms. The Hall–Kier alpha value is -7.11. The van der Waals surface area contributed by atoms with Crippen molar-refractivity contribution in [1.82, 2.24) is 19.5 Å². The normalized spacial score (nSPS) is 15.8. The molecule has 0 saturated carbocycles. The summed E-state index contributed by atoms with van der Waals surface area (Å²) in [4.78, 5) is 15.1.